The molecule has 7 heteroatoms. The van der Waals surface area contributed by atoms with Gasteiger partial charge in [-0.05, 0) is 58.2 Å². The van der Waals surface area contributed by atoms with Crippen LogP contribution in [0.25, 0.3) is 11.5 Å². The van der Waals surface area contributed by atoms with Gasteiger partial charge in [-0.1, -0.05) is 0 Å². The minimum absolute atomic E-state index is 0.210. The molecule has 27 heavy (non-hydrogen) atoms. The van der Waals surface area contributed by atoms with Crippen molar-refractivity contribution < 1.29 is 4.79 Å². The van der Waals surface area contributed by atoms with Crippen molar-refractivity contribution in [2.75, 3.05) is 33.2 Å². The van der Waals surface area contributed by atoms with Crippen molar-refractivity contribution in [3.8, 4) is 11.5 Å². The van der Waals surface area contributed by atoms with Crippen LogP contribution in [0.3, 0.4) is 0 Å². The molecule has 7 nitrogen and oxygen atoms in total. The minimum Gasteiger partial charge on any atom is -0.343 e. The molecule has 4 rings (SSSR count). The molecule has 2 saturated heterocycles. The first-order valence-corrected chi connectivity index (χ1v) is 9.97. The van der Waals surface area contributed by atoms with E-state index >= 15 is 0 Å². The first kappa shape index (κ1) is 18.1. The number of nitrogens with one attached hydrogen (secondary N) is 1. The molecular weight excluding hydrogens is 340 g/mol. The highest BCUT2D eigenvalue weighted by molar-refractivity contribution is 5.79. The second-order valence-corrected chi connectivity index (χ2v) is 7.91. The zero-order valence-electron chi connectivity index (χ0n) is 16.0. The molecule has 1 atom stereocenters. The molecule has 1 N–H and O–H groups in total. The van der Waals surface area contributed by atoms with Crippen molar-refractivity contribution in [3.05, 3.63) is 30.5 Å². The number of likely N-dealkylation sites (tertiary alicyclic amines) is 2. The number of hydrogen-bond acceptors (Lipinski definition) is 5. The van der Waals surface area contributed by atoms with E-state index in [-0.39, 0.29) is 5.92 Å². The summed E-state index contributed by atoms with van der Waals surface area (Å²) >= 11 is 0. The molecule has 2 aliphatic heterocycles. The van der Waals surface area contributed by atoms with Gasteiger partial charge in [0.25, 0.3) is 0 Å². The molecule has 0 radical (unpaired) electrons. The minimum atomic E-state index is 0.210. The van der Waals surface area contributed by atoms with Gasteiger partial charge in [0, 0.05) is 37.6 Å². The number of amides is 1. The Labute approximate surface area is 160 Å². The fourth-order valence-corrected chi connectivity index (χ4v) is 4.27. The Hall–Kier alpha value is -2.28. The Morgan fingerprint density at radius 2 is 2.07 bits per heavy atom. The van der Waals surface area contributed by atoms with Gasteiger partial charge in [-0.2, -0.15) is 0 Å². The lowest BCUT2D eigenvalue weighted by Crippen LogP contribution is -2.46. The molecule has 0 saturated carbocycles. The number of hydrogen-bond donors (Lipinski definition) is 1. The smallest absolute Gasteiger partial charge is 0.225 e. The Morgan fingerprint density at radius 3 is 2.85 bits per heavy atom. The Balaban J connectivity index is 1.37. The number of aromatic nitrogens is 4. The molecule has 0 bridgehead atoms. The maximum absolute atomic E-state index is 12.9. The van der Waals surface area contributed by atoms with Gasteiger partial charge in [0.05, 0.1) is 11.9 Å². The average molecular weight is 368 g/mol. The summed E-state index contributed by atoms with van der Waals surface area (Å²) in [7, 11) is 2.13. The maximum Gasteiger partial charge on any atom is 0.225 e. The van der Waals surface area contributed by atoms with E-state index < -0.39 is 0 Å². The van der Waals surface area contributed by atoms with Crippen molar-refractivity contribution in [1.29, 1.82) is 0 Å². The Bertz CT molecular complexity index is 754. The number of carbonyl (C=O) groups is 1. The molecule has 0 aromatic carbocycles. The predicted octanol–water partition coefficient (Wildman–Crippen LogP) is 1.99. The van der Waals surface area contributed by atoms with Crippen molar-refractivity contribution in [3.63, 3.8) is 0 Å². The van der Waals surface area contributed by atoms with Gasteiger partial charge in [-0.3, -0.25) is 9.78 Å². The Morgan fingerprint density at radius 1 is 1.22 bits per heavy atom. The van der Waals surface area contributed by atoms with Gasteiger partial charge in [-0.15, -0.1) is 0 Å². The largest absolute Gasteiger partial charge is 0.343 e. The highest BCUT2D eigenvalue weighted by Crippen LogP contribution is 2.25. The molecule has 0 spiro atoms. The lowest BCUT2D eigenvalue weighted by atomic mass is 9.90. The fraction of sp³-hybridized carbons (Fsp3) is 0.600. The molecule has 2 aliphatic rings. The first-order valence-electron chi connectivity index (χ1n) is 9.97. The SMILES string of the molecule is CN1CCC(C(=O)N2CCC[C@H](Cc3cncc(-c4ncc[nH]4)n3)C2)CC1. The number of rotatable bonds is 4. The third-order valence-electron chi connectivity index (χ3n) is 5.82. The summed E-state index contributed by atoms with van der Waals surface area (Å²) in [6.07, 6.45) is 12.1. The van der Waals surface area contributed by atoms with Crippen LogP contribution < -0.4 is 0 Å². The summed E-state index contributed by atoms with van der Waals surface area (Å²) in [5.41, 5.74) is 1.75. The summed E-state index contributed by atoms with van der Waals surface area (Å²) < 4.78 is 0. The normalized spacial score (nSPS) is 22.1. The van der Waals surface area contributed by atoms with E-state index in [0.29, 0.717) is 11.8 Å². The number of H-pyrrole nitrogens is 1. The van der Waals surface area contributed by atoms with E-state index in [4.69, 9.17) is 4.98 Å². The van der Waals surface area contributed by atoms with Crippen LogP contribution in [0.4, 0.5) is 0 Å². The zero-order chi connectivity index (χ0) is 18.6. The fourth-order valence-electron chi connectivity index (χ4n) is 4.27. The van der Waals surface area contributed by atoms with Crippen LogP contribution in [-0.4, -0.2) is 68.9 Å². The summed E-state index contributed by atoms with van der Waals surface area (Å²) in [6.45, 7) is 3.81. The second kappa shape index (κ2) is 8.17. The quantitative estimate of drug-likeness (QED) is 0.893. The van der Waals surface area contributed by atoms with E-state index in [1.54, 1.807) is 18.6 Å². The second-order valence-electron chi connectivity index (χ2n) is 7.91. The lowest BCUT2D eigenvalue weighted by Gasteiger charge is -2.37. The van der Waals surface area contributed by atoms with Crippen LogP contribution in [0.15, 0.2) is 24.8 Å². The first-order chi connectivity index (χ1) is 13.2. The summed E-state index contributed by atoms with van der Waals surface area (Å²) in [5.74, 6) is 1.77. The van der Waals surface area contributed by atoms with Crippen LogP contribution in [0.2, 0.25) is 0 Å². The van der Waals surface area contributed by atoms with Gasteiger partial charge in [0.15, 0.2) is 5.82 Å². The molecule has 2 fully saturated rings. The molecule has 2 aromatic rings. The highest BCUT2D eigenvalue weighted by Gasteiger charge is 2.30. The van der Waals surface area contributed by atoms with Crippen LogP contribution in [-0.2, 0) is 11.2 Å². The van der Waals surface area contributed by atoms with E-state index in [1.165, 1.54) is 0 Å². The lowest BCUT2D eigenvalue weighted by molar-refractivity contribution is -0.138. The van der Waals surface area contributed by atoms with Crippen LogP contribution in [0.1, 0.15) is 31.4 Å². The van der Waals surface area contributed by atoms with Gasteiger partial charge >= 0.3 is 0 Å². The molecule has 144 valence electrons. The number of piperidine rings is 2. The number of aromatic amines is 1. The molecule has 1 amide bonds. The number of carbonyl (C=O) groups excluding carboxylic acids is 1. The molecular formula is C20H28N6O. The number of imidazole rings is 1. The topological polar surface area (TPSA) is 78.0 Å². The monoisotopic (exact) mass is 368 g/mol. The van der Waals surface area contributed by atoms with E-state index in [2.05, 4.69) is 31.8 Å². The molecule has 0 aliphatic carbocycles. The standard InChI is InChI=1S/C20H28N6O/c1-25-9-4-16(5-10-25)20(27)26-8-2-3-15(14-26)11-17-12-21-13-18(24-17)19-22-6-7-23-19/h6-7,12-13,15-16H,2-5,8-11,14H2,1H3,(H,22,23)/t15-/m1/s1. The maximum atomic E-state index is 12.9. The Kier molecular flexibility index (Phi) is 5.48. The van der Waals surface area contributed by atoms with Crippen molar-refractivity contribution >= 4 is 5.91 Å². The van der Waals surface area contributed by atoms with E-state index in [0.717, 1.165) is 75.5 Å². The van der Waals surface area contributed by atoms with E-state index in [1.807, 2.05) is 6.20 Å². The van der Waals surface area contributed by atoms with Crippen LogP contribution in [0, 0.1) is 11.8 Å². The summed E-state index contributed by atoms with van der Waals surface area (Å²) in [6, 6.07) is 0. The molecule has 0 unspecified atom stereocenters. The number of nitrogens with zero attached hydrogens (tertiary/aromatic N) is 5. The molecule has 2 aromatic heterocycles. The summed E-state index contributed by atoms with van der Waals surface area (Å²) in [5, 5.41) is 0. The van der Waals surface area contributed by atoms with E-state index in [9.17, 15) is 4.79 Å². The van der Waals surface area contributed by atoms with Gasteiger partial charge in [0.1, 0.15) is 5.69 Å². The van der Waals surface area contributed by atoms with Gasteiger partial charge < -0.3 is 14.8 Å². The molecule has 4 heterocycles. The predicted molar refractivity (Wildman–Crippen MR) is 103 cm³/mol. The van der Waals surface area contributed by atoms with Crippen LogP contribution in [0.5, 0.6) is 0 Å². The third-order valence-corrected chi connectivity index (χ3v) is 5.82. The van der Waals surface area contributed by atoms with Crippen molar-refractivity contribution in [1.82, 2.24) is 29.7 Å². The highest BCUT2D eigenvalue weighted by atomic mass is 16.2. The third kappa shape index (κ3) is 4.35. The van der Waals surface area contributed by atoms with Gasteiger partial charge in [-0.25, -0.2) is 9.97 Å². The van der Waals surface area contributed by atoms with Crippen LogP contribution >= 0.6 is 0 Å². The van der Waals surface area contributed by atoms with Crippen molar-refractivity contribution in [2.24, 2.45) is 11.8 Å². The summed E-state index contributed by atoms with van der Waals surface area (Å²) in [4.78, 5) is 33.7. The average Bonchev–Trinajstić information content (AvgIpc) is 3.23. The zero-order valence-corrected chi connectivity index (χ0v) is 16.0. The van der Waals surface area contributed by atoms with Crippen molar-refractivity contribution in [2.45, 2.75) is 32.1 Å². The van der Waals surface area contributed by atoms with Gasteiger partial charge in [0.2, 0.25) is 5.91 Å².